The van der Waals surface area contributed by atoms with Gasteiger partial charge in [0, 0.05) is 17.4 Å². The summed E-state index contributed by atoms with van der Waals surface area (Å²) in [6, 6.07) is 8.86. The van der Waals surface area contributed by atoms with Crippen LogP contribution in [0.15, 0.2) is 36.5 Å². The third kappa shape index (κ3) is 3.86. The molecule has 21 heavy (non-hydrogen) atoms. The Morgan fingerprint density at radius 2 is 2.05 bits per heavy atom. The molecular weight excluding hydrogens is 264 g/mol. The lowest BCUT2D eigenvalue weighted by atomic mass is 10.0. The summed E-state index contributed by atoms with van der Waals surface area (Å²) in [7, 11) is 0. The molecule has 110 valence electrons. The highest BCUT2D eigenvalue weighted by atomic mass is 16.2. The van der Waals surface area contributed by atoms with E-state index in [1.807, 2.05) is 51.1 Å². The molecule has 2 rings (SSSR count). The zero-order chi connectivity index (χ0) is 15.4. The van der Waals surface area contributed by atoms with Gasteiger partial charge in [0.25, 0.3) is 0 Å². The van der Waals surface area contributed by atoms with Crippen LogP contribution < -0.4 is 11.1 Å². The quantitative estimate of drug-likeness (QED) is 0.903. The number of hydrogen-bond acceptors (Lipinski definition) is 4. The molecule has 3 N–H and O–H groups in total. The van der Waals surface area contributed by atoms with Gasteiger partial charge >= 0.3 is 0 Å². The molecule has 5 heteroatoms. The van der Waals surface area contributed by atoms with Crippen LogP contribution in [0.5, 0.6) is 0 Å². The predicted molar refractivity (Wildman–Crippen MR) is 83.6 cm³/mol. The second kappa shape index (κ2) is 6.45. The maximum Gasteiger partial charge on any atom is 0.241 e. The number of carbonyl (C=O) groups excluding carboxylic acids is 1. The van der Waals surface area contributed by atoms with E-state index in [2.05, 4.69) is 15.3 Å². The van der Waals surface area contributed by atoms with Crippen molar-refractivity contribution in [3.05, 3.63) is 42.4 Å². The van der Waals surface area contributed by atoms with Gasteiger partial charge in [-0.3, -0.25) is 4.79 Å². The Bertz CT molecular complexity index is 640. The summed E-state index contributed by atoms with van der Waals surface area (Å²) in [6.45, 7) is 5.69. The first-order valence-electron chi connectivity index (χ1n) is 6.94. The Morgan fingerprint density at radius 3 is 2.71 bits per heavy atom. The van der Waals surface area contributed by atoms with Crippen molar-refractivity contribution in [2.24, 2.45) is 11.7 Å². The summed E-state index contributed by atoms with van der Waals surface area (Å²) in [4.78, 5) is 20.5. The van der Waals surface area contributed by atoms with Crippen LogP contribution in [0.25, 0.3) is 11.3 Å². The minimum Gasteiger partial charge on any atom is -0.325 e. The average Bonchev–Trinajstić information content (AvgIpc) is 2.46. The molecule has 0 saturated carbocycles. The smallest absolute Gasteiger partial charge is 0.241 e. The standard InChI is InChI=1S/C16H20N4O/c1-10(2)15(17)16(21)20-13-6-4-5-12(9-13)14-7-8-18-11(3)19-14/h4-10,15H,17H2,1-3H3,(H,20,21). The Morgan fingerprint density at radius 1 is 1.29 bits per heavy atom. The Balaban J connectivity index is 2.20. The molecule has 1 aromatic heterocycles. The lowest BCUT2D eigenvalue weighted by Gasteiger charge is -2.15. The number of anilines is 1. The molecule has 1 heterocycles. The van der Waals surface area contributed by atoms with Crippen LogP contribution in [0, 0.1) is 12.8 Å². The molecule has 1 unspecified atom stereocenters. The van der Waals surface area contributed by atoms with E-state index in [0.29, 0.717) is 11.5 Å². The van der Waals surface area contributed by atoms with E-state index in [1.165, 1.54) is 0 Å². The molecule has 1 aromatic carbocycles. The first-order valence-corrected chi connectivity index (χ1v) is 6.94. The molecule has 0 fully saturated rings. The fourth-order valence-corrected chi connectivity index (χ4v) is 1.90. The summed E-state index contributed by atoms with van der Waals surface area (Å²) < 4.78 is 0. The number of nitrogens with two attached hydrogens (primary N) is 1. The summed E-state index contributed by atoms with van der Waals surface area (Å²) >= 11 is 0. The second-order valence-electron chi connectivity index (χ2n) is 5.33. The number of nitrogens with one attached hydrogen (secondary N) is 1. The molecule has 0 aliphatic rings. The first kappa shape index (κ1) is 15.1. The molecule has 0 saturated heterocycles. The number of nitrogens with zero attached hydrogens (tertiary/aromatic N) is 2. The highest BCUT2D eigenvalue weighted by Crippen LogP contribution is 2.21. The van der Waals surface area contributed by atoms with Crippen LogP contribution in [-0.4, -0.2) is 21.9 Å². The number of amides is 1. The minimum absolute atomic E-state index is 0.0951. The molecule has 0 spiro atoms. The lowest BCUT2D eigenvalue weighted by Crippen LogP contribution is -2.39. The van der Waals surface area contributed by atoms with E-state index < -0.39 is 6.04 Å². The van der Waals surface area contributed by atoms with Gasteiger partial charge in [0.1, 0.15) is 5.82 Å². The van der Waals surface area contributed by atoms with Gasteiger partial charge in [-0.2, -0.15) is 0 Å². The number of aryl methyl sites for hydroxylation is 1. The zero-order valence-electron chi connectivity index (χ0n) is 12.5. The van der Waals surface area contributed by atoms with Crippen LogP contribution in [0.2, 0.25) is 0 Å². The van der Waals surface area contributed by atoms with Crippen molar-refractivity contribution in [2.45, 2.75) is 26.8 Å². The van der Waals surface area contributed by atoms with Crippen molar-refractivity contribution >= 4 is 11.6 Å². The third-order valence-electron chi connectivity index (χ3n) is 3.22. The Hall–Kier alpha value is -2.27. The summed E-state index contributed by atoms with van der Waals surface area (Å²) in [5.41, 5.74) is 8.31. The molecule has 0 aliphatic carbocycles. The SMILES string of the molecule is Cc1nccc(-c2cccc(NC(=O)C(N)C(C)C)c2)n1. The monoisotopic (exact) mass is 284 g/mol. The first-order chi connectivity index (χ1) is 9.97. The number of benzene rings is 1. The summed E-state index contributed by atoms with van der Waals surface area (Å²) in [6.07, 6.45) is 1.72. The molecule has 1 atom stereocenters. The third-order valence-corrected chi connectivity index (χ3v) is 3.22. The van der Waals surface area contributed by atoms with Crippen molar-refractivity contribution in [3.8, 4) is 11.3 Å². The molecule has 1 amide bonds. The van der Waals surface area contributed by atoms with Crippen LogP contribution in [0.1, 0.15) is 19.7 Å². The van der Waals surface area contributed by atoms with Crippen molar-refractivity contribution in [1.82, 2.24) is 9.97 Å². The van der Waals surface area contributed by atoms with Gasteiger partial charge in [-0.05, 0) is 31.0 Å². The summed E-state index contributed by atoms with van der Waals surface area (Å²) in [5.74, 6) is 0.627. The zero-order valence-corrected chi connectivity index (χ0v) is 12.5. The minimum atomic E-state index is -0.519. The molecule has 5 nitrogen and oxygen atoms in total. The Labute approximate surface area is 124 Å². The van der Waals surface area contributed by atoms with E-state index in [9.17, 15) is 4.79 Å². The topological polar surface area (TPSA) is 80.9 Å². The van der Waals surface area contributed by atoms with E-state index >= 15 is 0 Å². The average molecular weight is 284 g/mol. The number of hydrogen-bond donors (Lipinski definition) is 2. The van der Waals surface area contributed by atoms with Gasteiger partial charge in [-0.15, -0.1) is 0 Å². The van der Waals surface area contributed by atoms with Crippen LogP contribution in [-0.2, 0) is 4.79 Å². The second-order valence-corrected chi connectivity index (χ2v) is 5.33. The number of aromatic nitrogens is 2. The molecular formula is C16H20N4O. The molecule has 0 bridgehead atoms. The van der Waals surface area contributed by atoms with Crippen LogP contribution >= 0.6 is 0 Å². The molecule has 0 radical (unpaired) electrons. The van der Waals surface area contributed by atoms with E-state index in [1.54, 1.807) is 6.20 Å². The van der Waals surface area contributed by atoms with E-state index in [4.69, 9.17) is 5.73 Å². The van der Waals surface area contributed by atoms with Gasteiger partial charge < -0.3 is 11.1 Å². The van der Waals surface area contributed by atoms with Crippen molar-refractivity contribution in [2.75, 3.05) is 5.32 Å². The maximum atomic E-state index is 12.0. The Kier molecular flexibility index (Phi) is 4.65. The predicted octanol–water partition coefficient (Wildman–Crippen LogP) is 2.37. The lowest BCUT2D eigenvalue weighted by molar-refractivity contribution is -0.118. The molecule has 2 aromatic rings. The van der Waals surface area contributed by atoms with Gasteiger partial charge in [0.15, 0.2) is 0 Å². The molecule has 0 aliphatic heterocycles. The van der Waals surface area contributed by atoms with Gasteiger partial charge in [0.2, 0.25) is 5.91 Å². The van der Waals surface area contributed by atoms with Crippen molar-refractivity contribution in [3.63, 3.8) is 0 Å². The number of rotatable bonds is 4. The van der Waals surface area contributed by atoms with E-state index in [0.717, 1.165) is 11.3 Å². The van der Waals surface area contributed by atoms with E-state index in [-0.39, 0.29) is 11.8 Å². The highest BCUT2D eigenvalue weighted by molar-refractivity contribution is 5.95. The number of carbonyl (C=O) groups is 1. The highest BCUT2D eigenvalue weighted by Gasteiger charge is 2.17. The maximum absolute atomic E-state index is 12.0. The largest absolute Gasteiger partial charge is 0.325 e. The fraction of sp³-hybridized carbons (Fsp3) is 0.312. The summed E-state index contributed by atoms with van der Waals surface area (Å²) in [5, 5.41) is 2.84. The van der Waals surface area contributed by atoms with Crippen molar-refractivity contribution < 1.29 is 4.79 Å². The van der Waals surface area contributed by atoms with Gasteiger partial charge in [-0.1, -0.05) is 26.0 Å². The van der Waals surface area contributed by atoms with Crippen LogP contribution in [0.3, 0.4) is 0 Å². The normalized spacial score (nSPS) is 12.2. The fourth-order valence-electron chi connectivity index (χ4n) is 1.90. The van der Waals surface area contributed by atoms with Gasteiger partial charge in [-0.25, -0.2) is 9.97 Å². The van der Waals surface area contributed by atoms with Gasteiger partial charge in [0.05, 0.1) is 11.7 Å². The van der Waals surface area contributed by atoms with Crippen molar-refractivity contribution in [1.29, 1.82) is 0 Å². The van der Waals surface area contributed by atoms with Crippen LogP contribution in [0.4, 0.5) is 5.69 Å².